The molecule has 1 saturated heterocycles. The van der Waals surface area contributed by atoms with Crippen LogP contribution in [-0.2, 0) is 14.3 Å². The number of aliphatic hydroxyl groups excluding tert-OH is 1. The topological polar surface area (TPSA) is 55.8 Å². The van der Waals surface area contributed by atoms with Crippen LogP contribution in [0.25, 0.3) is 0 Å². The van der Waals surface area contributed by atoms with E-state index in [-0.39, 0.29) is 23.6 Å². The van der Waals surface area contributed by atoms with Crippen LogP contribution in [0.5, 0.6) is 0 Å². The Kier molecular flexibility index (Phi) is 4.61. The zero-order valence-corrected chi connectivity index (χ0v) is 20.9. The number of aliphatic hydroxyl groups is 1. The fraction of sp³-hybridized carbons (Fsp3) is 0.964. The van der Waals surface area contributed by atoms with Crippen molar-refractivity contribution in [1.82, 2.24) is 0 Å². The molecule has 0 aromatic rings. The molecule has 0 bridgehead atoms. The molecule has 0 aromatic carbocycles. The van der Waals surface area contributed by atoms with E-state index in [1.165, 1.54) is 51.9 Å². The quantitative estimate of drug-likeness (QED) is 0.582. The summed E-state index contributed by atoms with van der Waals surface area (Å²) in [7, 11) is 0. The summed E-state index contributed by atoms with van der Waals surface area (Å²) in [6.45, 7) is 11.8. The fourth-order valence-electron chi connectivity index (χ4n) is 11.4. The van der Waals surface area contributed by atoms with Crippen molar-refractivity contribution in [2.24, 2.45) is 51.2 Å². The lowest BCUT2D eigenvalue weighted by Crippen LogP contribution is -2.54. The molecule has 6 fully saturated rings. The van der Waals surface area contributed by atoms with Crippen molar-refractivity contribution in [1.29, 1.82) is 0 Å². The van der Waals surface area contributed by atoms with Gasteiger partial charge in [-0.15, -0.1) is 0 Å². The predicted octanol–water partition coefficient (Wildman–Crippen LogP) is 5.36. The average Bonchev–Trinajstić information content (AvgIpc) is 3.13. The van der Waals surface area contributed by atoms with E-state index in [0.29, 0.717) is 40.8 Å². The van der Waals surface area contributed by atoms with E-state index in [9.17, 15) is 9.90 Å². The molecule has 1 heterocycles. The van der Waals surface area contributed by atoms with Crippen LogP contribution in [0.3, 0.4) is 0 Å². The van der Waals surface area contributed by atoms with Crippen molar-refractivity contribution < 1.29 is 19.4 Å². The van der Waals surface area contributed by atoms with Crippen LogP contribution in [0.2, 0.25) is 0 Å². The van der Waals surface area contributed by atoms with E-state index in [4.69, 9.17) is 9.47 Å². The highest BCUT2D eigenvalue weighted by atomic mass is 16.6. The Morgan fingerprint density at radius 1 is 0.969 bits per heavy atom. The summed E-state index contributed by atoms with van der Waals surface area (Å²) in [6, 6.07) is 0. The van der Waals surface area contributed by atoms with Crippen molar-refractivity contribution in [3.05, 3.63) is 0 Å². The first-order valence-electron chi connectivity index (χ1n) is 13.6. The summed E-state index contributed by atoms with van der Waals surface area (Å²) in [5.74, 6) is 3.57. The number of rotatable bonds is 2. The zero-order chi connectivity index (χ0) is 22.7. The van der Waals surface area contributed by atoms with E-state index < -0.39 is 0 Å². The second-order valence-corrected chi connectivity index (χ2v) is 13.5. The Morgan fingerprint density at radius 2 is 1.72 bits per heavy atom. The van der Waals surface area contributed by atoms with Crippen LogP contribution in [0, 0.1) is 51.2 Å². The molecule has 5 saturated carbocycles. The number of hydrogen-bond donors (Lipinski definition) is 1. The van der Waals surface area contributed by atoms with Crippen LogP contribution in [0.4, 0.5) is 0 Å². The molecule has 4 nitrogen and oxygen atoms in total. The van der Waals surface area contributed by atoms with Gasteiger partial charge in [-0.2, -0.15) is 0 Å². The van der Waals surface area contributed by atoms with Crippen LogP contribution in [0.15, 0.2) is 0 Å². The number of carbonyl (C=O) groups is 1. The Morgan fingerprint density at radius 3 is 2.47 bits per heavy atom. The molecule has 11 atom stereocenters. The molecule has 0 amide bonds. The molecule has 6 aliphatic rings. The van der Waals surface area contributed by atoms with Crippen molar-refractivity contribution in [3.63, 3.8) is 0 Å². The molecular formula is C28H44O4. The molecule has 4 heteroatoms. The molecule has 11 unspecified atom stereocenters. The minimum absolute atomic E-state index is 0.0540. The van der Waals surface area contributed by atoms with Gasteiger partial charge in [0.15, 0.2) is 0 Å². The second-order valence-electron chi connectivity index (χ2n) is 13.5. The molecule has 2 spiro atoms. The summed E-state index contributed by atoms with van der Waals surface area (Å²) < 4.78 is 11.9. The van der Waals surface area contributed by atoms with E-state index in [1.807, 2.05) is 0 Å². The monoisotopic (exact) mass is 444 g/mol. The van der Waals surface area contributed by atoms with E-state index in [0.717, 1.165) is 30.6 Å². The van der Waals surface area contributed by atoms with Gasteiger partial charge >= 0.3 is 5.97 Å². The van der Waals surface area contributed by atoms with Gasteiger partial charge in [0.05, 0.1) is 18.3 Å². The van der Waals surface area contributed by atoms with Crippen LogP contribution in [-0.4, -0.2) is 36.0 Å². The van der Waals surface area contributed by atoms with Crippen molar-refractivity contribution in [2.75, 3.05) is 6.61 Å². The largest absolute Gasteiger partial charge is 0.463 e. The average molecular weight is 445 g/mol. The maximum Gasteiger partial charge on any atom is 0.302 e. The van der Waals surface area contributed by atoms with Crippen molar-refractivity contribution in [3.8, 4) is 0 Å². The maximum atomic E-state index is 11.3. The fourth-order valence-corrected chi connectivity index (χ4v) is 11.4. The van der Waals surface area contributed by atoms with Gasteiger partial charge in [0.2, 0.25) is 0 Å². The summed E-state index contributed by atoms with van der Waals surface area (Å²) >= 11 is 0. The lowest BCUT2D eigenvalue weighted by atomic mass is 9.46. The predicted molar refractivity (Wildman–Crippen MR) is 123 cm³/mol. The Labute approximate surface area is 194 Å². The minimum Gasteiger partial charge on any atom is -0.463 e. The highest BCUT2D eigenvalue weighted by Crippen LogP contribution is 2.89. The van der Waals surface area contributed by atoms with Crippen LogP contribution >= 0.6 is 0 Å². The third-order valence-corrected chi connectivity index (χ3v) is 12.8. The highest BCUT2D eigenvalue weighted by molar-refractivity contribution is 5.65. The van der Waals surface area contributed by atoms with Gasteiger partial charge in [0, 0.05) is 6.92 Å². The number of esters is 1. The first-order valence-corrected chi connectivity index (χ1v) is 13.6. The first kappa shape index (κ1) is 21.9. The summed E-state index contributed by atoms with van der Waals surface area (Å²) in [5, 5.41) is 10.9. The van der Waals surface area contributed by atoms with Gasteiger partial charge in [-0.1, -0.05) is 27.7 Å². The van der Waals surface area contributed by atoms with Gasteiger partial charge in [0.1, 0.15) is 6.61 Å². The summed E-state index contributed by atoms with van der Waals surface area (Å²) in [4.78, 5) is 11.3. The lowest BCUT2D eigenvalue weighted by molar-refractivity contribution is -0.154. The molecule has 6 rings (SSSR count). The lowest BCUT2D eigenvalue weighted by Gasteiger charge is -2.59. The van der Waals surface area contributed by atoms with Gasteiger partial charge in [0.25, 0.3) is 0 Å². The SMILES string of the molecule is CC(=O)OCC1CCC2C(CC3C4CCC5C(C)(C)C(O)CCC56C(C)C46CCC23C)O1. The van der Waals surface area contributed by atoms with Crippen molar-refractivity contribution >= 4 is 5.97 Å². The Balaban J connectivity index is 1.27. The highest BCUT2D eigenvalue weighted by Gasteiger charge is 2.84. The summed E-state index contributed by atoms with van der Waals surface area (Å²) in [5.41, 5.74) is 1.46. The Hall–Kier alpha value is -0.610. The number of carbonyl (C=O) groups excluding carboxylic acids is 1. The van der Waals surface area contributed by atoms with Gasteiger partial charge in [-0.05, 0) is 109 Å². The van der Waals surface area contributed by atoms with Crippen LogP contribution < -0.4 is 0 Å². The normalized spacial score (nSPS) is 57.3. The number of fused-ring (bicyclic) bond motifs is 4. The third-order valence-electron chi connectivity index (χ3n) is 12.8. The first-order chi connectivity index (χ1) is 15.1. The second kappa shape index (κ2) is 6.74. The molecule has 1 aliphatic heterocycles. The summed E-state index contributed by atoms with van der Waals surface area (Å²) in [6.07, 6.45) is 11.4. The van der Waals surface area contributed by atoms with E-state index in [2.05, 4.69) is 27.7 Å². The molecule has 180 valence electrons. The third kappa shape index (κ3) is 2.45. The zero-order valence-electron chi connectivity index (χ0n) is 20.9. The van der Waals surface area contributed by atoms with E-state index in [1.54, 1.807) is 0 Å². The van der Waals surface area contributed by atoms with Gasteiger partial charge < -0.3 is 14.6 Å². The maximum absolute atomic E-state index is 11.3. The van der Waals surface area contributed by atoms with Gasteiger partial charge in [-0.3, -0.25) is 4.79 Å². The number of ether oxygens (including phenoxy) is 2. The number of hydrogen-bond acceptors (Lipinski definition) is 4. The van der Waals surface area contributed by atoms with E-state index >= 15 is 0 Å². The minimum atomic E-state index is -0.199. The van der Waals surface area contributed by atoms with Crippen LogP contribution in [0.1, 0.15) is 92.4 Å². The van der Waals surface area contributed by atoms with Gasteiger partial charge in [-0.25, -0.2) is 0 Å². The smallest absolute Gasteiger partial charge is 0.302 e. The Bertz CT molecular complexity index is 807. The van der Waals surface area contributed by atoms with Crippen molar-refractivity contribution in [2.45, 2.75) is 111 Å². The molecule has 32 heavy (non-hydrogen) atoms. The molecule has 5 aliphatic carbocycles. The standard InChI is InChI=1S/C28H44O4/c1-16-27-13-12-26(5)20-7-6-18(15-31-17(2)29)32-22(20)14-21(26)19(27)8-9-23-25(3,4)24(30)10-11-28(16,23)27/h16,18-24,30H,6-15H2,1-5H3. The molecule has 0 radical (unpaired) electrons. The molecule has 1 N–H and O–H groups in total. The molecule has 0 aromatic heterocycles. The molecular weight excluding hydrogens is 400 g/mol.